The van der Waals surface area contributed by atoms with Crippen LogP contribution in [0.25, 0.3) is 0 Å². The molecule has 0 heterocycles. The molecule has 2 atom stereocenters. The number of aliphatic hydroxyl groups is 2. The lowest BCUT2D eigenvalue weighted by molar-refractivity contribution is -0.139. The highest BCUT2D eigenvalue weighted by molar-refractivity contribution is 5.72. The van der Waals surface area contributed by atoms with E-state index in [4.69, 9.17) is 21.7 Å². The Morgan fingerprint density at radius 3 is 2.38 bits per heavy atom. The van der Waals surface area contributed by atoms with Crippen molar-refractivity contribution in [2.24, 2.45) is 11.5 Å². The summed E-state index contributed by atoms with van der Waals surface area (Å²) in [7, 11) is 0. The zero-order chi connectivity index (χ0) is 10.5. The van der Waals surface area contributed by atoms with E-state index in [9.17, 15) is 9.90 Å². The summed E-state index contributed by atoms with van der Waals surface area (Å²) in [4.78, 5) is 10.3. The molecule has 0 radical (unpaired) electrons. The summed E-state index contributed by atoms with van der Waals surface area (Å²) >= 11 is 0. The van der Waals surface area contributed by atoms with E-state index < -0.39 is 24.2 Å². The zero-order valence-electron chi connectivity index (χ0n) is 7.31. The topological polar surface area (TPSA) is 130 Å². The van der Waals surface area contributed by atoms with Crippen molar-refractivity contribution in [2.75, 3.05) is 13.2 Å². The second-order valence-electron chi connectivity index (χ2n) is 3.07. The van der Waals surface area contributed by atoms with Gasteiger partial charge in [-0.2, -0.15) is 0 Å². The van der Waals surface area contributed by atoms with E-state index in [0.29, 0.717) is 0 Å². The molecule has 0 saturated heterocycles. The summed E-state index contributed by atoms with van der Waals surface area (Å²) < 4.78 is 0. The van der Waals surface area contributed by atoms with Gasteiger partial charge in [0.1, 0.15) is 6.04 Å². The fourth-order valence-electron chi connectivity index (χ4n) is 0.793. The van der Waals surface area contributed by atoms with E-state index in [0.717, 1.165) is 0 Å². The molecule has 0 amide bonds. The Morgan fingerprint density at radius 1 is 1.54 bits per heavy atom. The monoisotopic (exact) mass is 192 g/mol. The van der Waals surface area contributed by atoms with Crippen LogP contribution < -0.4 is 11.5 Å². The molecule has 6 heteroatoms. The quantitative estimate of drug-likeness (QED) is 0.326. The maximum absolute atomic E-state index is 10.3. The lowest BCUT2D eigenvalue weighted by atomic mass is 9.96. The van der Waals surface area contributed by atoms with Crippen molar-refractivity contribution < 1.29 is 20.1 Å². The van der Waals surface area contributed by atoms with Gasteiger partial charge >= 0.3 is 5.97 Å². The predicted octanol–water partition coefficient (Wildman–Crippen LogP) is -2.14. The molecule has 0 aliphatic heterocycles. The average molecular weight is 192 g/mol. The molecule has 13 heavy (non-hydrogen) atoms. The van der Waals surface area contributed by atoms with Gasteiger partial charge < -0.3 is 26.8 Å². The summed E-state index contributed by atoms with van der Waals surface area (Å²) in [5.41, 5.74) is 8.97. The van der Waals surface area contributed by atoms with Gasteiger partial charge in [-0.25, -0.2) is 0 Å². The minimum absolute atomic E-state index is 0.0769. The van der Waals surface area contributed by atoms with Crippen molar-refractivity contribution >= 4 is 5.97 Å². The van der Waals surface area contributed by atoms with Crippen LogP contribution in [0.4, 0.5) is 0 Å². The molecule has 0 fully saturated rings. The number of carboxylic acid groups (broad SMARTS) is 1. The third kappa shape index (κ3) is 4.18. The number of nitrogens with two attached hydrogens (primary N) is 2. The molecular weight excluding hydrogens is 176 g/mol. The molecule has 0 saturated carbocycles. The van der Waals surface area contributed by atoms with Gasteiger partial charge in [0.05, 0.1) is 12.2 Å². The lowest BCUT2D eigenvalue weighted by Gasteiger charge is -2.24. The normalized spacial score (nSPS) is 17.8. The van der Waals surface area contributed by atoms with Crippen LogP contribution in [0.5, 0.6) is 0 Å². The number of aliphatic carboxylic acids is 1. The van der Waals surface area contributed by atoms with Crippen LogP contribution in [-0.2, 0) is 4.79 Å². The van der Waals surface area contributed by atoms with Crippen LogP contribution in [0.2, 0.25) is 0 Å². The van der Waals surface area contributed by atoms with Gasteiger partial charge in [-0.3, -0.25) is 4.79 Å². The molecule has 0 bridgehead atoms. The Kier molecular flexibility index (Phi) is 4.86. The Labute approximate surface area is 76.2 Å². The fourth-order valence-corrected chi connectivity index (χ4v) is 0.793. The van der Waals surface area contributed by atoms with E-state index in [1.807, 2.05) is 0 Å². The minimum Gasteiger partial charge on any atom is -0.480 e. The highest BCUT2D eigenvalue weighted by Crippen LogP contribution is 2.11. The van der Waals surface area contributed by atoms with Crippen molar-refractivity contribution in [3.63, 3.8) is 0 Å². The SMILES string of the molecule is NCC(O)(CO)CCC(N)C(=O)O. The minimum atomic E-state index is -1.41. The molecule has 2 unspecified atom stereocenters. The fraction of sp³-hybridized carbons (Fsp3) is 0.857. The van der Waals surface area contributed by atoms with Crippen LogP contribution in [0.3, 0.4) is 0 Å². The molecule has 0 rings (SSSR count). The van der Waals surface area contributed by atoms with Crippen molar-refractivity contribution in [1.82, 2.24) is 0 Å². The summed E-state index contributed by atoms with van der Waals surface area (Å²) in [5.74, 6) is -1.13. The summed E-state index contributed by atoms with van der Waals surface area (Å²) in [6.45, 7) is -0.605. The van der Waals surface area contributed by atoms with Gasteiger partial charge in [0.15, 0.2) is 0 Å². The van der Waals surface area contributed by atoms with Gasteiger partial charge in [-0.1, -0.05) is 0 Å². The van der Waals surface area contributed by atoms with Crippen molar-refractivity contribution in [3.05, 3.63) is 0 Å². The first-order valence-corrected chi connectivity index (χ1v) is 3.97. The second kappa shape index (κ2) is 5.13. The third-order valence-corrected chi connectivity index (χ3v) is 1.91. The van der Waals surface area contributed by atoms with Crippen LogP contribution in [0.1, 0.15) is 12.8 Å². The second-order valence-corrected chi connectivity index (χ2v) is 3.07. The van der Waals surface area contributed by atoms with Gasteiger partial charge in [0.2, 0.25) is 0 Å². The van der Waals surface area contributed by atoms with Gasteiger partial charge in [-0.05, 0) is 12.8 Å². The largest absolute Gasteiger partial charge is 0.480 e. The first kappa shape index (κ1) is 12.3. The Hall–Kier alpha value is -0.690. The highest BCUT2D eigenvalue weighted by atomic mass is 16.4. The molecule has 6 nitrogen and oxygen atoms in total. The first-order valence-electron chi connectivity index (χ1n) is 3.97. The van der Waals surface area contributed by atoms with E-state index in [1.165, 1.54) is 0 Å². The van der Waals surface area contributed by atoms with Gasteiger partial charge in [-0.15, -0.1) is 0 Å². The van der Waals surface area contributed by atoms with Crippen molar-refractivity contribution in [1.29, 1.82) is 0 Å². The molecule has 0 aliphatic carbocycles. The smallest absolute Gasteiger partial charge is 0.320 e. The maximum Gasteiger partial charge on any atom is 0.320 e. The number of hydrogen-bond acceptors (Lipinski definition) is 5. The van der Waals surface area contributed by atoms with Crippen LogP contribution in [-0.4, -0.2) is 46.1 Å². The molecule has 0 aromatic carbocycles. The standard InChI is InChI=1S/C7H16N2O4/c8-3-7(13,4-10)2-1-5(9)6(11)12/h5,10,13H,1-4,8-9H2,(H,11,12). The summed E-state index contributed by atoms with van der Waals surface area (Å²) in [6, 6.07) is -1.02. The zero-order valence-corrected chi connectivity index (χ0v) is 7.31. The van der Waals surface area contributed by atoms with Crippen molar-refractivity contribution in [2.45, 2.75) is 24.5 Å². The molecule has 0 aromatic heterocycles. The molecule has 0 aromatic rings. The number of carbonyl (C=O) groups is 1. The maximum atomic E-state index is 10.3. The average Bonchev–Trinajstić information content (AvgIpc) is 2.13. The molecule has 0 spiro atoms. The summed E-state index contributed by atoms with van der Waals surface area (Å²) in [5, 5.41) is 26.6. The number of carboxylic acids is 1. The highest BCUT2D eigenvalue weighted by Gasteiger charge is 2.26. The third-order valence-electron chi connectivity index (χ3n) is 1.91. The Balaban J connectivity index is 3.92. The Bertz CT molecular complexity index is 170. The molecular formula is C7H16N2O4. The Morgan fingerprint density at radius 2 is 2.08 bits per heavy atom. The summed E-state index contributed by atoms with van der Waals surface area (Å²) in [6.07, 6.45) is 0.164. The number of hydrogen-bond donors (Lipinski definition) is 5. The van der Waals surface area contributed by atoms with Crippen molar-refractivity contribution in [3.8, 4) is 0 Å². The van der Waals surface area contributed by atoms with E-state index in [1.54, 1.807) is 0 Å². The van der Waals surface area contributed by atoms with Gasteiger partial charge in [0, 0.05) is 6.54 Å². The van der Waals surface area contributed by atoms with E-state index >= 15 is 0 Å². The number of aliphatic hydroxyl groups excluding tert-OH is 1. The predicted molar refractivity (Wildman–Crippen MR) is 45.9 cm³/mol. The molecule has 7 N–H and O–H groups in total. The lowest BCUT2D eigenvalue weighted by Crippen LogP contribution is -2.43. The number of rotatable bonds is 6. The molecule has 0 aliphatic rings. The van der Waals surface area contributed by atoms with Crippen LogP contribution in [0.15, 0.2) is 0 Å². The van der Waals surface area contributed by atoms with E-state index in [-0.39, 0.29) is 19.4 Å². The van der Waals surface area contributed by atoms with Crippen LogP contribution >= 0.6 is 0 Å². The molecule has 78 valence electrons. The first-order chi connectivity index (χ1) is 5.95. The van der Waals surface area contributed by atoms with E-state index in [2.05, 4.69) is 0 Å². The van der Waals surface area contributed by atoms with Crippen LogP contribution in [0, 0.1) is 0 Å². The van der Waals surface area contributed by atoms with Gasteiger partial charge in [0.25, 0.3) is 0 Å².